The third-order valence-corrected chi connectivity index (χ3v) is 3.30. The van der Waals surface area contributed by atoms with Gasteiger partial charge in [0.25, 0.3) is 0 Å². The Labute approximate surface area is 114 Å². The molecule has 20 heavy (non-hydrogen) atoms. The largest absolute Gasteiger partial charge is 0.477 e. The molecule has 0 bridgehead atoms. The number of hydrogen-bond acceptors (Lipinski definition) is 1. The van der Waals surface area contributed by atoms with Gasteiger partial charge in [-0.3, -0.25) is 0 Å². The lowest BCUT2D eigenvalue weighted by atomic mass is 10.2. The lowest BCUT2D eigenvalue weighted by molar-refractivity contribution is 0.0686. The molecular weight excluding hydrogens is 257 g/mol. The van der Waals surface area contributed by atoms with E-state index >= 15 is 0 Å². The number of aromatic nitrogens is 1. The molecule has 0 fully saturated rings. The molecule has 100 valence electrons. The normalized spacial score (nSPS) is 10.8. The Morgan fingerprint density at radius 1 is 1.10 bits per heavy atom. The average Bonchev–Trinajstić information content (AvgIpc) is 2.81. The van der Waals surface area contributed by atoms with Gasteiger partial charge in [0.15, 0.2) is 0 Å². The molecule has 0 spiro atoms. The maximum absolute atomic E-state index is 13.8. The molecule has 1 aromatic heterocycles. The summed E-state index contributed by atoms with van der Waals surface area (Å²) >= 11 is 0. The van der Waals surface area contributed by atoms with Crippen LogP contribution in [0.3, 0.4) is 0 Å². The number of carboxylic acids is 1. The van der Waals surface area contributed by atoms with Crippen molar-refractivity contribution in [2.75, 3.05) is 0 Å². The molecule has 3 aromatic rings. The molecule has 0 radical (unpaired) electrons. The Balaban J connectivity index is 2.19. The van der Waals surface area contributed by atoms with Crippen molar-refractivity contribution in [3.63, 3.8) is 0 Å². The molecule has 0 saturated heterocycles. The van der Waals surface area contributed by atoms with Crippen molar-refractivity contribution >= 4 is 16.9 Å². The van der Waals surface area contributed by atoms with Crippen LogP contribution >= 0.6 is 0 Å². The van der Waals surface area contributed by atoms with E-state index in [1.165, 1.54) is 12.1 Å². The molecule has 2 aromatic carbocycles. The summed E-state index contributed by atoms with van der Waals surface area (Å²) in [6, 6.07) is 15.5. The summed E-state index contributed by atoms with van der Waals surface area (Å²) in [5.74, 6) is -1.46. The van der Waals surface area contributed by atoms with Gasteiger partial charge in [-0.2, -0.15) is 0 Å². The Morgan fingerprint density at radius 3 is 2.55 bits per heavy atom. The molecule has 3 nitrogen and oxygen atoms in total. The second-order valence-corrected chi connectivity index (χ2v) is 4.58. The van der Waals surface area contributed by atoms with Crippen LogP contribution in [0.2, 0.25) is 0 Å². The van der Waals surface area contributed by atoms with E-state index in [9.17, 15) is 14.3 Å². The van der Waals surface area contributed by atoms with Gasteiger partial charge in [0, 0.05) is 11.9 Å². The highest BCUT2D eigenvalue weighted by atomic mass is 19.1. The van der Waals surface area contributed by atoms with Crippen LogP contribution in [0.1, 0.15) is 16.1 Å². The molecule has 0 unspecified atom stereocenters. The summed E-state index contributed by atoms with van der Waals surface area (Å²) in [4.78, 5) is 11.3. The van der Waals surface area contributed by atoms with Gasteiger partial charge >= 0.3 is 5.97 Å². The van der Waals surface area contributed by atoms with Gasteiger partial charge in [0.1, 0.15) is 11.5 Å². The third kappa shape index (κ3) is 2.05. The SMILES string of the molecule is O=C(O)c1cc2c(F)cccc2n1Cc1ccccc1. The van der Waals surface area contributed by atoms with Crippen molar-refractivity contribution in [1.29, 1.82) is 0 Å². The molecule has 4 heteroatoms. The van der Waals surface area contributed by atoms with E-state index in [0.717, 1.165) is 5.56 Å². The van der Waals surface area contributed by atoms with E-state index < -0.39 is 11.8 Å². The van der Waals surface area contributed by atoms with Crippen LogP contribution in [-0.4, -0.2) is 15.6 Å². The van der Waals surface area contributed by atoms with Gasteiger partial charge in [0.2, 0.25) is 0 Å². The molecule has 0 aliphatic heterocycles. The van der Waals surface area contributed by atoms with Crippen molar-refractivity contribution in [3.8, 4) is 0 Å². The van der Waals surface area contributed by atoms with Gasteiger partial charge < -0.3 is 9.67 Å². The highest BCUT2D eigenvalue weighted by Crippen LogP contribution is 2.24. The summed E-state index contributed by atoms with van der Waals surface area (Å²) in [5.41, 5.74) is 1.65. The van der Waals surface area contributed by atoms with Crippen LogP contribution in [0.4, 0.5) is 4.39 Å². The highest BCUT2D eigenvalue weighted by Gasteiger charge is 2.16. The minimum Gasteiger partial charge on any atom is -0.477 e. The Bertz CT molecular complexity index is 778. The Morgan fingerprint density at radius 2 is 1.85 bits per heavy atom. The molecule has 0 atom stereocenters. The summed E-state index contributed by atoms with van der Waals surface area (Å²) in [6.07, 6.45) is 0. The standard InChI is InChI=1S/C16H12FNO2/c17-13-7-4-8-14-12(13)9-15(16(19)20)18(14)10-11-5-2-1-3-6-11/h1-9H,10H2,(H,19,20). The zero-order chi connectivity index (χ0) is 14.1. The summed E-state index contributed by atoms with van der Waals surface area (Å²) in [5, 5.41) is 9.63. The van der Waals surface area contributed by atoms with Crippen molar-refractivity contribution < 1.29 is 14.3 Å². The number of hydrogen-bond donors (Lipinski definition) is 1. The van der Waals surface area contributed by atoms with Crippen molar-refractivity contribution in [1.82, 2.24) is 4.57 Å². The van der Waals surface area contributed by atoms with E-state index in [1.54, 1.807) is 16.7 Å². The summed E-state index contributed by atoms with van der Waals surface area (Å²) in [6.45, 7) is 0.398. The minimum atomic E-state index is -1.06. The van der Waals surface area contributed by atoms with Crippen LogP contribution < -0.4 is 0 Å². The van der Waals surface area contributed by atoms with Crippen LogP contribution in [-0.2, 0) is 6.54 Å². The number of fused-ring (bicyclic) bond motifs is 1. The number of rotatable bonds is 3. The number of aromatic carboxylic acids is 1. The Hall–Kier alpha value is -2.62. The van der Waals surface area contributed by atoms with Crippen LogP contribution in [0.25, 0.3) is 10.9 Å². The first-order chi connectivity index (χ1) is 9.66. The first kappa shape index (κ1) is 12.4. The molecule has 0 aliphatic rings. The second kappa shape index (κ2) is 4.81. The zero-order valence-electron chi connectivity index (χ0n) is 10.6. The zero-order valence-corrected chi connectivity index (χ0v) is 10.6. The number of halogens is 1. The van der Waals surface area contributed by atoms with Crippen molar-refractivity contribution in [2.24, 2.45) is 0 Å². The maximum Gasteiger partial charge on any atom is 0.352 e. The van der Waals surface area contributed by atoms with E-state index in [-0.39, 0.29) is 5.69 Å². The van der Waals surface area contributed by atoms with E-state index in [4.69, 9.17) is 0 Å². The molecule has 3 rings (SSSR count). The van der Waals surface area contributed by atoms with E-state index in [1.807, 2.05) is 30.3 Å². The molecule has 0 aliphatic carbocycles. The monoisotopic (exact) mass is 269 g/mol. The number of carbonyl (C=O) groups is 1. The fourth-order valence-corrected chi connectivity index (χ4v) is 2.36. The maximum atomic E-state index is 13.8. The fraction of sp³-hybridized carbons (Fsp3) is 0.0625. The van der Waals surface area contributed by atoms with Gasteiger partial charge in [-0.15, -0.1) is 0 Å². The van der Waals surface area contributed by atoms with Crippen molar-refractivity contribution in [2.45, 2.75) is 6.54 Å². The summed E-state index contributed by atoms with van der Waals surface area (Å²) in [7, 11) is 0. The Kier molecular flexibility index (Phi) is 2.99. The van der Waals surface area contributed by atoms with E-state index in [2.05, 4.69) is 0 Å². The fourth-order valence-electron chi connectivity index (χ4n) is 2.36. The molecule has 1 N–H and O–H groups in total. The van der Waals surface area contributed by atoms with Crippen LogP contribution in [0, 0.1) is 5.82 Å². The molecule has 0 amide bonds. The predicted molar refractivity (Wildman–Crippen MR) is 74.4 cm³/mol. The van der Waals surface area contributed by atoms with Crippen LogP contribution in [0.15, 0.2) is 54.6 Å². The summed E-state index contributed by atoms with van der Waals surface area (Å²) < 4.78 is 15.4. The minimum absolute atomic E-state index is 0.0916. The van der Waals surface area contributed by atoms with Crippen molar-refractivity contribution in [3.05, 3.63) is 71.7 Å². The number of benzene rings is 2. The first-order valence-corrected chi connectivity index (χ1v) is 6.22. The highest BCUT2D eigenvalue weighted by molar-refractivity contribution is 5.94. The topological polar surface area (TPSA) is 42.2 Å². The smallest absolute Gasteiger partial charge is 0.352 e. The van der Waals surface area contributed by atoms with Gasteiger partial charge in [-0.1, -0.05) is 36.4 Å². The van der Waals surface area contributed by atoms with Crippen LogP contribution in [0.5, 0.6) is 0 Å². The number of carboxylic acid groups (broad SMARTS) is 1. The molecule has 0 saturated carbocycles. The van der Waals surface area contributed by atoms with Gasteiger partial charge in [-0.25, -0.2) is 9.18 Å². The first-order valence-electron chi connectivity index (χ1n) is 6.22. The lowest BCUT2D eigenvalue weighted by Gasteiger charge is -2.08. The third-order valence-electron chi connectivity index (χ3n) is 3.30. The van der Waals surface area contributed by atoms with Gasteiger partial charge in [0.05, 0.1) is 5.52 Å². The average molecular weight is 269 g/mol. The molecular formula is C16H12FNO2. The quantitative estimate of drug-likeness (QED) is 0.790. The van der Waals surface area contributed by atoms with Gasteiger partial charge in [-0.05, 0) is 23.8 Å². The second-order valence-electron chi connectivity index (χ2n) is 4.58. The lowest BCUT2D eigenvalue weighted by Crippen LogP contribution is -2.09. The predicted octanol–water partition coefficient (Wildman–Crippen LogP) is 3.53. The number of nitrogens with zero attached hydrogens (tertiary/aromatic N) is 1. The van der Waals surface area contributed by atoms with E-state index in [0.29, 0.717) is 17.4 Å². The molecule has 1 heterocycles.